The first-order chi connectivity index (χ1) is 15.3. The second kappa shape index (κ2) is 9.17. The van der Waals surface area contributed by atoms with Crippen molar-refractivity contribution in [2.24, 2.45) is 0 Å². The van der Waals surface area contributed by atoms with Crippen molar-refractivity contribution < 1.29 is 27.4 Å². The van der Waals surface area contributed by atoms with Gasteiger partial charge >= 0.3 is 5.97 Å². The van der Waals surface area contributed by atoms with Gasteiger partial charge in [-0.2, -0.15) is 0 Å². The molecule has 3 aromatic rings. The number of nitrogens with one attached hydrogen (secondary N) is 1. The highest BCUT2D eigenvalue weighted by atomic mass is 35.5. The first-order valence-electron chi connectivity index (χ1n) is 9.46. The van der Waals surface area contributed by atoms with E-state index in [-0.39, 0.29) is 37.5 Å². The molecule has 1 aromatic heterocycles. The Balaban J connectivity index is 2.03. The number of benzene rings is 2. The molecule has 2 N–H and O–H groups in total. The summed E-state index contributed by atoms with van der Waals surface area (Å²) in [5.74, 6) is -1.77. The van der Waals surface area contributed by atoms with Crippen molar-refractivity contribution in [3.63, 3.8) is 0 Å². The molecule has 0 amide bonds. The third-order valence-corrected chi connectivity index (χ3v) is 6.80. The van der Waals surface area contributed by atoms with Gasteiger partial charge in [0.15, 0.2) is 5.60 Å². The van der Waals surface area contributed by atoms with Crippen molar-refractivity contribution in [2.75, 3.05) is 4.72 Å². The van der Waals surface area contributed by atoms with Gasteiger partial charge in [0.05, 0.1) is 10.7 Å². The maximum atomic E-state index is 14.9. The smallest absolute Gasteiger partial charge is 0.347 e. The number of halogens is 3. The van der Waals surface area contributed by atoms with Crippen LogP contribution in [0.2, 0.25) is 10.0 Å². The minimum absolute atomic E-state index is 0.0541. The van der Waals surface area contributed by atoms with Gasteiger partial charge in [-0.05, 0) is 56.2 Å². The van der Waals surface area contributed by atoms with Gasteiger partial charge in [-0.25, -0.2) is 17.6 Å². The molecular weight excluding hydrogens is 494 g/mol. The zero-order valence-corrected chi connectivity index (χ0v) is 20.0. The lowest BCUT2D eigenvalue weighted by atomic mass is 10.0. The quantitative estimate of drug-likeness (QED) is 0.430. The molecule has 2 aromatic carbocycles. The molecular formula is C22H19Cl2FN2O5S. The Kier molecular flexibility index (Phi) is 6.88. The normalized spacial score (nSPS) is 11.8. The summed E-state index contributed by atoms with van der Waals surface area (Å²) in [6.45, 7) is 4.30. The van der Waals surface area contributed by atoms with Crippen LogP contribution < -0.4 is 9.46 Å². The fraction of sp³-hybridized carbons (Fsp3) is 0.182. The molecule has 0 aliphatic rings. The first kappa shape index (κ1) is 24.8. The van der Waals surface area contributed by atoms with Crippen molar-refractivity contribution >= 4 is 44.9 Å². The van der Waals surface area contributed by atoms with Crippen LogP contribution in [0.1, 0.15) is 19.4 Å². The number of aliphatic carboxylic acids is 1. The minimum Gasteiger partial charge on any atom is -0.478 e. The molecule has 0 fully saturated rings. The molecule has 0 saturated carbocycles. The summed E-state index contributed by atoms with van der Waals surface area (Å²) in [6, 6.07) is 8.43. The summed E-state index contributed by atoms with van der Waals surface area (Å²) in [7, 11) is -4.24. The lowest BCUT2D eigenvalue weighted by Gasteiger charge is -2.21. The van der Waals surface area contributed by atoms with Crippen LogP contribution in [0, 0.1) is 12.7 Å². The Hall–Kier alpha value is -2.88. The number of hydrogen-bond donors (Lipinski definition) is 2. The fourth-order valence-electron chi connectivity index (χ4n) is 2.89. The third-order valence-electron chi connectivity index (χ3n) is 4.74. The number of carboxylic acids is 1. The summed E-state index contributed by atoms with van der Waals surface area (Å²) in [6.07, 6.45) is 2.42. The van der Waals surface area contributed by atoms with Gasteiger partial charge in [0.2, 0.25) is 0 Å². The number of carbonyl (C=O) groups is 1. The molecule has 0 radical (unpaired) electrons. The number of carboxylic acid groups (broad SMARTS) is 1. The van der Waals surface area contributed by atoms with E-state index in [2.05, 4.69) is 9.71 Å². The lowest BCUT2D eigenvalue weighted by molar-refractivity contribution is -0.152. The number of hydrogen-bond acceptors (Lipinski definition) is 5. The van der Waals surface area contributed by atoms with Gasteiger partial charge in [-0.3, -0.25) is 9.71 Å². The molecule has 33 heavy (non-hydrogen) atoms. The van der Waals surface area contributed by atoms with Gasteiger partial charge in [0, 0.05) is 23.0 Å². The van der Waals surface area contributed by atoms with Gasteiger partial charge in [-0.1, -0.05) is 35.3 Å². The summed E-state index contributed by atoms with van der Waals surface area (Å²) in [4.78, 5) is 14.9. The van der Waals surface area contributed by atoms with E-state index < -0.39 is 27.4 Å². The minimum atomic E-state index is -4.24. The summed E-state index contributed by atoms with van der Waals surface area (Å²) in [5, 5.41) is 9.41. The number of pyridine rings is 1. The van der Waals surface area contributed by atoms with E-state index >= 15 is 0 Å². The number of aromatic nitrogens is 1. The Bertz CT molecular complexity index is 1330. The maximum Gasteiger partial charge on any atom is 0.347 e. The Morgan fingerprint density at radius 2 is 1.79 bits per heavy atom. The van der Waals surface area contributed by atoms with Crippen LogP contribution >= 0.6 is 23.2 Å². The maximum absolute atomic E-state index is 14.9. The molecule has 0 unspecified atom stereocenters. The van der Waals surface area contributed by atoms with E-state index in [0.717, 1.165) is 12.3 Å². The number of anilines is 1. The van der Waals surface area contributed by atoms with Crippen LogP contribution in [0.4, 0.5) is 10.1 Å². The van der Waals surface area contributed by atoms with Crippen molar-refractivity contribution in [2.45, 2.75) is 31.3 Å². The number of nitrogens with zero attached hydrogens (tertiary/aromatic N) is 1. The monoisotopic (exact) mass is 512 g/mol. The Morgan fingerprint density at radius 1 is 1.15 bits per heavy atom. The average molecular weight is 513 g/mol. The van der Waals surface area contributed by atoms with Crippen LogP contribution in [-0.2, 0) is 14.8 Å². The second-order valence-electron chi connectivity index (χ2n) is 7.60. The van der Waals surface area contributed by atoms with Crippen molar-refractivity contribution in [1.29, 1.82) is 0 Å². The molecule has 0 spiro atoms. The van der Waals surface area contributed by atoms with E-state index in [9.17, 15) is 22.7 Å². The van der Waals surface area contributed by atoms with Crippen LogP contribution in [0.25, 0.3) is 11.1 Å². The van der Waals surface area contributed by atoms with Crippen molar-refractivity contribution in [1.82, 2.24) is 4.98 Å². The van der Waals surface area contributed by atoms with Crippen molar-refractivity contribution in [3.05, 3.63) is 70.2 Å². The number of rotatable bonds is 7. The average Bonchev–Trinajstić information content (AvgIpc) is 2.72. The predicted molar refractivity (Wildman–Crippen MR) is 124 cm³/mol. The Morgan fingerprint density at radius 3 is 2.39 bits per heavy atom. The van der Waals surface area contributed by atoms with Gasteiger partial charge in [0.1, 0.15) is 16.5 Å². The van der Waals surface area contributed by atoms with Crippen LogP contribution in [0.15, 0.2) is 53.7 Å². The highest BCUT2D eigenvalue weighted by Crippen LogP contribution is 2.36. The zero-order valence-electron chi connectivity index (χ0n) is 17.7. The highest BCUT2D eigenvalue weighted by Gasteiger charge is 2.29. The Labute approximate surface area is 200 Å². The molecule has 0 atom stereocenters. The highest BCUT2D eigenvalue weighted by molar-refractivity contribution is 7.92. The van der Waals surface area contributed by atoms with Crippen LogP contribution in [0.3, 0.4) is 0 Å². The summed E-state index contributed by atoms with van der Waals surface area (Å²) in [5.41, 5.74) is -0.945. The first-order valence-corrected chi connectivity index (χ1v) is 11.7. The molecule has 7 nitrogen and oxygen atoms in total. The van der Waals surface area contributed by atoms with E-state index in [1.165, 1.54) is 57.3 Å². The SMILES string of the molecule is Cc1c(Cl)cncc1S(=O)(=O)Nc1c(F)cc(Cl)cc1-c1ccc(OC(C)(C)C(=O)O)cc1. The molecule has 11 heteroatoms. The predicted octanol–water partition coefficient (Wildman–Crippen LogP) is 5.55. The zero-order chi connectivity index (χ0) is 24.6. The standard InChI is InChI=1S/C22H19Cl2FN2O5S/c1-12-17(24)10-26-11-19(12)33(30,31)27-20-16(8-14(23)9-18(20)25)13-4-6-15(7-5-13)32-22(2,3)21(28)29/h4-11,27H,1-3H3,(H,28,29). The van der Waals surface area contributed by atoms with E-state index in [4.69, 9.17) is 27.9 Å². The summed E-state index contributed by atoms with van der Waals surface area (Å²) >= 11 is 12.0. The van der Waals surface area contributed by atoms with E-state index in [0.29, 0.717) is 5.56 Å². The molecule has 0 aliphatic carbocycles. The van der Waals surface area contributed by atoms with Crippen LogP contribution in [-0.4, -0.2) is 30.1 Å². The van der Waals surface area contributed by atoms with E-state index in [1.807, 2.05) is 0 Å². The third kappa shape index (κ3) is 5.38. The number of ether oxygens (including phenoxy) is 1. The molecule has 0 bridgehead atoms. The van der Waals surface area contributed by atoms with Gasteiger partial charge in [0.25, 0.3) is 10.0 Å². The lowest BCUT2D eigenvalue weighted by Crippen LogP contribution is -2.37. The molecule has 3 rings (SSSR count). The van der Waals surface area contributed by atoms with E-state index in [1.54, 1.807) is 0 Å². The largest absolute Gasteiger partial charge is 0.478 e. The van der Waals surface area contributed by atoms with Crippen molar-refractivity contribution in [3.8, 4) is 16.9 Å². The molecule has 0 aliphatic heterocycles. The van der Waals surface area contributed by atoms with Crippen LogP contribution in [0.5, 0.6) is 5.75 Å². The topological polar surface area (TPSA) is 106 Å². The molecule has 1 heterocycles. The summed E-state index contributed by atoms with van der Waals surface area (Å²) < 4.78 is 48.6. The molecule has 0 saturated heterocycles. The van der Waals surface area contributed by atoms with Gasteiger partial charge in [-0.15, -0.1) is 0 Å². The van der Waals surface area contributed by atoms with Gasteiger partial charge < -0.3 is 9.84 Å². The molecule has 174 valence electrons. The number of sulfonamides is 1. The second-order valence-corrected chi connectivity index (χ2v) is 10.1. The fourth-order valence-corrected chi connectivity index (χ4v) is 4.61.